The topological polar surface area (TPSA) is 159 Å². The third kappa shape index (κ3) is 4.22. The van der Waals surface area contributed by atoms with Gasteiger partial charge >= 0.3 is 12.1 Å². The van der Waals surface area contributed by atoms with Crippen LogP contribution in [-0.2, 0) is 21.7 Å². The molecular weight excluding hydrogens is 482 g/mol. The van der Waals surface area contributed by atoms with Crippen molar-refractivity contribution in [1.29, 1.82) is 0 Å². The smallest absolute Gasteiger partial charge is 0.322 e. The van der Waals surface area contributed by atoms with Crippen LogP contribution in [0.2, 0.25) is 0 Å². The average molecular weight is 505 g/mol. The van der Waals surface area contributed by atoms with Crippen molar-refractivity contribution < 1.29 is 33.1 Å². The highest BCUT2D eigenvalue weighted by Gasteiger charge is 2.43. The first-order chi connectivity index (χ1) is 17.7. The summed E-state index contributed by atoms with van der Waals surface area (Å²) in [5, 5.41) is 10.2. The number of ether oxygens (including phenoxy) is 1. The summed E-state index contributed by atoms with van der Waals surface area (Å²) < 4.78 is 11.2. The van der Waals surface area contributed by atoms with Crippen molar-refractivity contribution in [3.05, 3.63) is 64.9 Å². The lowest BCUT2D eigenvalue weighted by atomic mass is 9.91. The fourth-order valence-electron chi connectivity index (χ4n) is 4.59. The number of fused-ring (bicyclic) bond motifs is 2. The number of urea groups is 2. The molecule has 2 aliphatic rings. The van der Waals surface area contributed by atoms with E-state index in [1.54, 1.807) is 48.2 Å². The second kappa shape index (κ2) is 8.97. The quantitative estimate of drug-likeness (QED) is 0.281. The van der Waals surface area contributed by atoms with Gasteiger partial charge in [0, 0.05) is 24.0 Å². The molecule has 7 amide bonds. The van der Waals surface area contributed by atoms with E-state index in [0.717, 1.165) is 5.56 Å². The molecule has 0 spiro atoms. The minimum Gasteiger partial charge on any atom is -0.497 e. The molecule has 190 valence electrons. The molecule has 1 aromatic heterocycles. The van der Waals surface area contributed by atoms with Crippen LogP contribution in [0.15, 0.2) is 46.9 Å². The highest BCUT2D eigenvalue weighted by molar-refractivity contribution is 6.07. The van der Waals surface area contributed by atoms with E-state index in [1.165, 1.54) is 7.11 Å². The van der Waals surface area contributed by atoms with Crippen LogP contribution in [0.25, 0.3) is 11.0 Å². The standard InChI is InChI=1S/C25H23N5O7/c1-25(22(33)28-24(35)29-25)15-4-6-19-14(7-15)8-20(37-19)18(27-23(34)26-12-31)11-30-10-13-3-5-16(36-2)9-17(13)21(30)32/h3-9,12,18H,10-11H2,1-2H3,(H2,26,27,31,34)(H2,28,29,33,35)/t18-,25?/m0/s1. The van der Waals surface area contributed by atoms with Gasteiger partial charge in [-0.15, -0.1) is 0 Å². The van der Waals surface area contributed by atoms with Crippen molar-refractivity contribution >= 4 is 41.3 Å². The van der Waals surface area contributed by atoms with E-state index in [9.17, 15) is 24.0 Å². The molecule has 1 unspecified atom stereocenters. The summed E-state index contributed by atoms with van der Waals surface area (Å²) in [6.07, 6.45) is 0.252. The van der Waals surface area contributed by atoms with Gasteiger partial charge in [0.05, 0.1) is 7.11 Å². The number of amides is 7. The lowest BCUT2D eigenvalue weighted by Crippen LogP contribution is -2.42. The van der Waals surface area contributed by atoms with E-state index in [2.05, 4.69) is 16.0 Å². The van der Waals surface area contributed by atoms with Crippen LogP contribution in [0.1, 0.15) is 40.2 Å². The predicted molar refractivity (Wildman–Crippen MR) is 128 cm³/mol. The van der Waals surface area contributed by atoms with Crippen molar-refractivity contribution in [2.75, 3.05) is 13.7 Å². The third-order valence-electron chi connectivity index (χ3n) is 6.60. The van der Waals surface area contributed by atoms with Crippen LogP contribution in [0, 0.1) is 0 Å². The van der Waals surface area contributed by atoms with Gasteiger partial charge in [-0.05, 0) is 48.4 Å². The zero-order chi connectivity index (χ0) is 26.3. The molecule has 0 bridgehead atoms. The van der Waals surface area contributed by atoms with Gasteiger partial charge in [0.2, 0.25) is 6.41 Å². The summed E-state index contributed by atoms with van der Waals surface area (Å²) in [5.74, 6) is 0.183. The van der Waals surface area contributed by atoms with Crippen molar-refractivity contribution in [2.24, 2.45) is 0 Å². The van der Waals surface area contributed by atoms with Crippen molar-refractivity contribution in [3.8, 4) is 5.75 Å². The Hall–Kier alpha value is -4.87. The van der Waals surface area contributed by atoms with Crippen molar-refractivity contribution in [3.63, 3.8) is 0 Å². The van der Waals surface area contributed by atoms with E-state index in [-0.39, 0.29) is 18.9 Å². The lowest BCUT2D eigenvalue weighted by Gasteiger charge is -2.23. The molecule has 4 N–H and O–H groups in total. The van der Waals surface area contributed by atoms with Crippen LogP contribution >= 0.6 is 0 Å². The van der Waals surface area contributed by atoms with E-state index >= 15 is 0 Å². The normalized spacial score (nSPS) is 19.3. The van der Waals surface area contributed by atoms with Crippen LogP contribution in [0.3, 0.4) is 0 Å². The maximum atomic E-state index is 13.1. The lowest BCUT2D eigenvalue weighted by molar-refractivity contribution is -0.123. The molecule has 37 heavy (non-hydrogen) atoms. The number of furan rings is 1. The number of nitrogens with zero attached hydrogens (tertiary/aromatic N) is 1. The van der Waals surface area contributed by atoms with Gasteiger partial charge in [-0.25, -0.2) is 9.59 Å². The molecule has 5 rings (SSSR count). The zero-order valence-corrected chi connectivity index (χ0v) is 19.9. The Bertz CT molecular complexity index is 1460. The second-order valence-corrected chi connectivity index (χ2v) is 8.93. The number of benzene rings is 2. The summed E-state index contributed by atoms with van der Waals surface area (Å²) in [6, 6.07) is 9.81. The van der Waals surface area contributed by atoms with Gasteiger partial charge in [-0.1, -0.05) is 12.1 Å². The van der Waals surface area contributed by atoms with E-state index in [1.807, 2.05) is 11.4 Å². The molecule has 2 aliphatic heterocycles. The minimum atomic E-state index is -1.25. The maximum Gasteiger partial charge on any atom is 0.322 e. The first-order valence-electron chi connectivity index (χ1n) is 11.4. The second-order valence-electron chi connectivity index (χ2n) is 8.93. The van der Waals surface area contributed by atoms with E-state index < -0.39 is 29.6 Å². The van der Waals surface area contributed by atoms with Crippen LogP contribution < -0.4 is 26.0 Å². The summed E-state index contributed by atoms with van der Waals surface area (Å²) >= 11 is 0. The number of methoxy groups -OCH3 is 1. The molecule has 0 aliphatic carbocycles. The Morgan fingerprint density at radius 1 is 1.22 bits per heavy atom. The van der Waals surface area contributed by atoms with Crippen molar-refractivity contribution in [1.82, 2.24) is 26.2 Å². The Kier molecular flexibility index (Phi) is 5.78. The first kappa shape index (κ1) is 23.9. The Labute approximate surface area is 210 Å². The van der Waals surface area contributed by atoms with Gasteiger partial charge in [0.25, 0.3) is 11.8 Å². The summed E-state index contributed by atoms with van der Waals surface area (Å²) in [5.41, 5.74) is 1.09. The van der Waals surface area contributed by atoms with Crippen molar-refractivity contribution in [2.45, 2.75) is 25.0 Å². The molecule has 0 saturated carbocycles. The Balaban J connectivity index is 1.45. The average Bonchev–Trinajstić information content (AvgIpc) is 3.51. The molecule has 12 heteroatoms. The molecule has 2 aromatic carbocycles. The zero-order valence-electron chi connectivity index (χ0n) is 19.9. The number of hydrogen-bond acceptors (Lipinski definition) is 7. The fraction of sp³-hybridized carbons (Fsp3) is 0.240. The third-order valence-corrected chi connectivity index (χ3v) is 6.60. The van der Waals surface area contributed by atoms with Gasteiger partial charge in [0.15, 0.2) is 0 Å². The number of imide groups is 2. The number of carbonyl (C=O) groups excluding carboxylic acids is 5. The molecule has 12 nitrogen and oxygen atoms in total. The summed E-state index contributed by atoms with van der Waals surface area (Å²) in [7, 11) is 1.52. The predicted octanol–water partition coefficient (Wildman–Crippen LogP) is 1.65. The Morgan fingerprint density at radius 3 is 2.73 bits per heavy atom. The van der Waals surface area contributed by atoms with Gasteiger partial charge < -0.3 is 24.7 Å². The molecule has 0 radical (unpaired) electrons. The van der Waals surface area contributed by atoms with E-state index in [0.29, 0.717) is 40.2 Å². The molecule has 1 saturated heterocycles. The fourth-order valence-corrected chi connectivity index (χ4v) is 4.59. The molecule has 3 aromatic rings. The maximum absolute atomic E-state index is 13.1. The SMILES string of the molecule is COc1ccc2c(c1)C(=O)N(C[C@H](NC(=O)NC=O)c1cc3cc(C4(C)NC(=O)NC4=O)ccc3o1)C2. The molecule has 3 heterocycles. The first-order valence-corrected chi connectivity index (χ1v) is 11.4. The molecular formula is C25H23N5O7. The summed E-state index contributed by atoms with van der Waals surface area (Å²) in [4.78, 5) is 61.7. The van der Waals surface area contributed by atoms with Gasteiger partial charge in [-0.2, -0.15) is 0 Å². The van der Waals surface area contributed by atoms with Crippen LogP contribution in [-0.4, -0.2) is 48.8 Å². The van der Waals surface area contributed by atoms with Crippen LogP contribution in [0.5, 0.6) is 5.75 Å². The number of carbonyl (C=O) groups is 5. The van der Waals surface area contributed by atoms with E-state index in [4.69, 9.17) is 9.15 Å². The number of rotatable bonds is 7. The molecule has 1 fully saturated rings. The largest absolute Gasteiger partial charge is 0.497 e. The monoisotopic (exact) mass is 505 g/mol. The summed E-state index contributed by atoms with van der Waals surface area (Å²) in [6.45, 7) is 1.98. The number of nitrogens with one attached hydrogen (secondary N) is 4. The highest BCUT2D eigenvalue weighted by atomic mass is 16.5. The minimum absolute atomic E-state index is 0.0605. The van der Waals surface area contributed by atoms with Gasteiger partial charge in [0.1, 0.15) is 28.7 Å². The number of hydrogen-bond donors (Lipinski definition) is 4. The van der Waals surface area contributed by atoms with Gasteiger partial charge in [-0.3, -0.25) is 25.0 Å². The molecule has 2 atom stereocenters. The van der Waals surface area contributed by atoms with Crippen LogP contribution in [0.4, 0.5) is 9.59 Å². The highest BCUT2D eigenvalue weighted by Crippen LogP contribution is 2.33. The Morgan fingerprint density at radius 2 is 2.03 bits per heavy atom.